The third-order valence-corrected chi connectivity index (χ3v) is 5.72. The van der Waals surface area contributed by atoms with Crippen LogP contribution in [0.25, 0.3) is 10.9 Å². The van der Waals surface area contributed by atoms with Crippen molar-refractivity contribution in [2.45, 2.75) is 18.9 Å². The first-order valence-electron chi connectivity index (χ1n) is 11.0. The first-order chi connectivity index (χ1) is 17.3. The molecule has 0 unspecified atom stereocenters. The van der Waals surface area contributed by atoms with Gasteiger partial charge in [-0.05, 0) is 25.0 Å². The molecule has 1 saturated carbocycles. The van der Waals surface area contributed by atoms with Crippen LogP contribution < -0.4 is 25.4 Å². The number of methoxy groups -OCH3 is 2. The van der Waals surface area contributed by atoms with E-state index in [1.165, 1.54) is 38.6 Å². The predicted molar refractivity (Wildman–Crippen MR) is 129 cm³/mol. The van der Waals surface area contributed by atoms with Crippen molar-refractivity contribution in [3.8, 4) is 17.2 Å². The second-order valence-electron chi connectivity index (χ2n) is 7.97. The Bertz CT molecular complexity index is 1320. The van der Waals surface area contributed by atoms with Gasteiger partial charge in [0.05, 0.1) is 30.5 Å². The molecule has 0 radical (unpaired) electrons. The number of benzene rings is 2. The van der Waals surface area contributed by atoms with Crippen molar-refractivity contribution < 1.29 is 32.6 Å². The van der Waals surface area contributed by atoms with Gasteiger partial charge in [0.15, 0.2) is 17.4 Å². The van der Waals surface area contributed by atoms with Crippen LogP contribution in [0.15, 0.2) is 30.5 Å². The highest BCUT2D eigenvalue weighted by molar-refractivity contribution is 6.34. The van der Waals surface area contributed by atoms with Gasteiger partial charge < -0.3 is 30.2 Å². The lowest BCUT2D eigenvalue weighted by Crippen LogP contribution is -2.30. The largest absolute Gasteiger partial charge is 0.496 e. The van der Waals surface area contributed by atoms with E-state index in [1.54, 1.807) is 0 Å². The lowest BCUT2D eigenvalue weighted by atomic mass is 10.1. The zero-order valence-electron chi connectivity index (χ0n) is 19.4. The van der Waals surface area contributed by atoms with Crippen LogP contribution in [0.5, 0.6) is 17.2 Å². The zero-order chi connectivity index (χ0) is 25.8. The molecule has 0 bridgehead atoms. The van der Waals surface area contributed by atoms with Gasteiger partial charge in [-0.15, -0.1) is 0 Å². The maximum absolute atomic E-state index is 15.1. The third-order valence-electron chi connectivity index (χ3n) is 5.35. The number of nitrogens with one attached hydrogen (secondary N) is 3. The van der Waals surface area contributed by atoms with E-state index >= 15 is 4.39 Å². The van der Waals surface area contributed by atoms with Gasteiger partial charge in [0, 0.05) is 43.4 Å². The molecular formula is C24H23ClF2N4O5. The molecule has 12 heteroatoms. The smallest absolute Gasteiger partial charge is 0.319 e. The molecule has 3 aromatic rings. The molecule has 3 N–H and O–H groups in total. The van der Waals surface area contributed by atoms with E-state index in [0.29, 0.717) is 17.5 Å². The molecule has 1 aliphatic rings. The van der Waals surface area contributed by atoms with Crippen LogP contribution in [0, 0.1) is 11.6 Å². The minimum Gasteiger partial charge on any atom is -0.496 e. The number of urea groups is 1. The summed E-state index contributed by atoms with van der Waals surface area (Å²) in [4.78, 5) is 28.9. The Morgan fingerprint density at radius 2 is 1.94 bits per heavy atom. The van der Waals surface area contributed by atoms with Crippen molar-refractivity contribution in [3.63, 3.8) is 0 Å². The fourth-order valence-corrected chi connectivity index (χ4v) is 3.58. The highest BCUT2D eigenvalue weighted by atomic mass is 35.5. The van der Waals surface area contributed by atoms with Gasteiger partial charge in [-0.1, -0.05) is 11.6 Å². The summed E-state index contributed by atoms with van der Waals surface area (Å²) in [5.41, 5.74) is 0.287. The van der Waals surface area contributed by atoms with E-state index < -0.39 is 34.3 Å². The van der Waals surface area contributed by atoms with E-state index in [1.807, 2.05) is 0 Å². The van der Waals surface area contributed by atoms with Crippen LogP contribution in [-0.2, 0) is 4.74 Å². The molecule has 36 heavy (non-hydrogen) atoms. The van der Waals surface area contributed by atoms with Crippen LogP contribution in [0.3, 0.4) is 0 Å². The first-order valence-corrected chi connectivity index (χ1v) is 11.4. The molecule has 190 valence electrons. The summed E-state index contributed by atoms with van der Waals surface area (Å²) in [6, 6.07) is 4.66. The average molecular weight is 521 g/mol. The summed E-state index contributed by atoms with van der Waals surface area (Å²) < 4.78 is 45.8. The van der Waals surface area contributed by atoms with Crippen LogP contribution in [0.1, 0.15) is 23.2 Å². The number of carbonyl (C=O) groups is 2. The predicted octanol–water partition coefficient (Wildman–Crippen LogP) is 4.63. The van der Waals surface area contributed by atoms with Gasteiger partial charge in [-0.3, -0.25) is 9.78 Å². The molecule has 4 rings (SSSR count). The van der Waals surface area contributed by atoms with E-state index in [0.717, 1.165) is 18.9 Å². The standard InChI is InChI=1S/C24H23ClF2N4O5/c1-34-8-7-29-23(32)14-9-13-16(11-19(14)35-2)28-6-5-18(13)36-22-15(26)10-17(20(25)21(22)27)31-24(33)30-12-3-4-12/h5-6,9-12H,3-4,7-8H2,1-2H3,(H,29,32)(H2,30,31,33). The monoisotopic (exact) mass is 520 g/mol. The number of hydrogen-bond donors (Lipinski definition) is 3. The number of fused-ring (bicyclic) bond motifs is 1. The quantitative estimate of drug-likeness (QED) is 0.280. The second kappa shape index (κ2) is 10.9. The molecule has 1 aliphatic carbocycles. The Hall–Kier alpha value is -3.70. The van der Waals surface area contributed by atoms with Crippen molar-refractivity contribution in [3.05, 3.63) is 52.7 Å². The number of aromatic nitrogens is 1. The summed E-state index contributed by atoms with van der Waals surface area (Å²) in [5.74, 6) is -3.23. The first kappa shape index (κ1) is 25.4. The molecule has 1 heterocycles. The van der Waals surface area contributed by atoms with Crippen molar-refractivity contribution in [1.29, 1.82) is 0 Å². The molecule has 0 atom stereocenters. The molecule has 0 saturated heterocycles. The van der Waals surface area contributed by atoms with Crippen LogP contribution >= 0.6 is 11.6 Å². The van der Waals surface area contributed by atoms with E-state index in [2.05, 4.69) is 20.9 Å². The lowest BCUT2D eigenvalue weighted by molar-refractivity contribution is 0.0934. The van der Waals surface area contributed by atoms with Crippen LogP contribution in [0.2, 0.25) is 5.02 Å². The van der Waals surface area contributed by atoms with Crippen molar-refractivity contribution in [2.75, 3.05) is 32.7 Å². The number of anilines is 1. The summed E-state index contributed by atoms with van der Waals surface area (Å²) >= 11 is 6.06. The third kappa shape index (κ3) is 5.58. The summed E-state index contributed by atoms with van der Waals surface area (Å²) in [7, 11) is 2.91. The maximum atomic E-state index is 15.1. The van der Waals surface area contributed by atoms with Gasteiger partial charge in [0.1, 0.15) is 16.5 Å². The summed E-state index contributed by atoms with van der Waals surface area (Å²) in [6.45, 7) is 0.574. The highest BCUT2D eigenvalue weighted by Crippen LogP contribution is 2.39. The Balaban J connectivity index is 1.66. The molecule has 9 nitrogen and oxygen atoms in total. The Morgan fingerprint density at radius 3 is 2.64 bits per heavy atom. The fourth-order valence-electron chi connectivity index (χ4n) is 3.39. The van der Waals surface area contributed by atoms with Gasteiger partial charge in [-0.2, -0.15) is 0 Å². The lowest BCUT2D eigenvalue weighted by Gasteiger charge is -2.15. The maximum Gasteiger partial charge on any atom is 0.319 e. The minimum atomic E-state index is -1.20. The Labute approximate surface area is 210 Å². The van der Waals surface area contributed by atoms with E-state index in [9.17, 15) is 14.0 Å². The minimum absolute atomic E-state index is 0.0228. The molecule has 0 aliphatic heterocycles. The van der Waals surface area contributed by atoms with Crippen molar-refractivity contribution >= 4 is 40.1 Å². The zero-order valence-corrected chi connectivity index (χ0v) is 20.2. The number of nitrogens with zero attached hydrogens (tertiary/aromatic N) is 1. The van der Waals surface area contributed by atoms with Gasteiger partial charge in [0.25, 0.3) is 5.91 Å². The number of carbonyl (C=O) groups excluding carboxylic acids is 2. The number of amides is 3. The molecular weight excluding hydrogens is 498 g/mol. The molecule has 3 amide bonds. The van der Waals surface area contributed by atoms with E-state index in [4.69, 9.17) is 25.8 Å². The average Bonchev–Trinajstić information content (AvgIpc) is 3.68. The number of ether oxygens (including phenoxy) is 3. The Kier molecular flexibility index (Phi) is 7.70. The number of halogens is 3. The summed E-state index contributed by atoms with van der Waals surface area (Å²) in [5, 5.41) is 7.46. The van der Waals surface area contributed by atoms with Crippen molar-refractivity contribution in [2.24, 2.45) is 0 Å². The Morgan fingerprint density at radius 1 is 1.17 bits per heavy atom. The highest BCUT2D eigenvalue weighted by Gasteiger charge is 2.26. The van der Waals surface area contributed by atoms with Crippen molar-refractivity contribution in [1.82, 2.24) is 15.6 Å². The molecule has 2 aromatic carbocycles. The summed E-state index contributed by atoms with van der Waals surface area (Å²) in [6.07, 6.45) is 3.07. The van der Waals surface area contributed by atoms with Gasteiger partial charge in [-0.25, -0.2) is 13.6 Å². The van der Waals surface area contributed by atoms with Gasteiger partial charge >= 0.3 is 6.03 Å². The molecule has 0 spiro atoms. The second-order valence-corrected chi connectivity index (χ2v) is 8.34. The van der Waals surface area contributed by atoms with Crippen LogP contribution in [-0.4, -0.2) is 50.3 Å². The molecule has 1 fully saturated rings. The molecule has 1 aromatic heterocycles. The SMILES string of the molecule is COCCNC(=O)c1cc2c(Oc3c(F)cc(NC(=O)NC4CC4)c(Cl)c3F)ccnc2cc1OC. The van der Waals surface area contributed by atoms with Gasteiger partial charge in [0.2, 0.25) is 0 Å². The van der Waals surface area contributed by atoms with E-state index in [-0.39, 0.29) is 35.3 Å². The van der Waals surface area contributed by atoms with Crippen LogP contribution in [0.4, 0.5) is 19.3 Å². The normalized spacial score (nSPS) is 12.8. The number of rotatable bonds is 9. The topological polar surface area (TPSA) is 111 Å². The fraction of sp³-hybridized carbons (Fsp3) is 0.292. The number of pyridine rings is 1. The number of hydrogen-bond acceptors (Lipinski definition) is 6.